The van der Waals surface area contributed by atoms with Crippen LogP contribution in [-0.4, -0.2) is 22.1 Å². The van der Waals surface area contributed by atoms with E-state index < -0.39 is 0 Å². The highest BCUT2D eigenvalue weighted by molar-refractivity contribution is 6.32. The molecule has 4 rings (SSSR count). The molecule has 5 nitrogen and oxygen atoms in total. The third-order valence-corrected chi connectivity index (χ3v) is 6.83. The number of carbonyl (C=O) groups excluding carboxylic acids is 1. The lowest BCUT2D eigenvalue weighted by Gasteiger charge is -2.17. The summed E-state index contributed by atoms with van der Waals surface area (Å²) in [4.78, 5) is 17.6. The van der Waals surface area contributed by atoms with Crippen LogP contribution in [0, 0.1) is 13.8 Å². The number of para-hydroxylation sites is 2. The number of aryl methyl sites for hydroxylation is 3. The van der Waals surface area contributed by atoms with E-state index in [4.69, 9.17) is 32.9 Å². The summed E-state index contributed by atoms with van der Waals surface area (Å²) in [5.41, 5.74) is 4.57. The van der Waals surface area contributed by atoms with Crippen molar-refractivity contribution in [3.05, 3.63) is 93.2 Å². The highest BCUT2D eigenvalue weighted by Crippen LogP contribution is 2.26. The van der Waals surface area contributed by atoms with E-state index >= 15 is 0 Å². The summed E-state index contributed by atoms with van der Waals surface area (Å²) in [5, 5.41) is 4.46. The molecule has 0 saturated heterocycles. The van der Waals surface area contributed by atoms with Crippen molar-refractivity contribution in [2.75, 3.05) is 6.61 Å². The molecular weight excluding hydrogens is 481 g/mol. The van der Waals surface area contributed by atoms with Gasteiger partial charge in [-0.3, -0.25) is 4.79 Å². The van der Waals surface area contributed by atoms with Gasteiger partial charge in [-0.1, -0.05) is 35.3 Å². The van der Waals surface area contributed by atoms with Crippen LogP contribution >= 0.6 is 23.2 Å². The van der Waals surface area contributed by atoms with Crippen LogP contribution in [0.15, 0.2) is 60.7 Å². The minimum Gasteiger partial charge on any atom is -0.494 e. The number of ether oxygens (including phenoxy) is 1. The zero-order valence-electron chi connectivity index (χ0n) is 20.1. The summed E-state index contributed by atoms with van der Waals surface area (Å²) in [6.45, 7) is 7.33. The Balaban J connectivity index is 1.41. The van der Waals surface area contributed by atoms with Crippen molar-refractivity contribution in [2.24, 2.45) is 0 Å². The van der Waals surface area contributed by atoms with E-state index in [0.717, 1.165) is 58.1 Å². The molecule has 1 N–H and O–H groups in total. The molecule has 0 radical (unpaired) electrons. The summed E-state index contributed by atoms with van der Waals surface area (Å²) in [6.07, 6.45) is 1.80. The SMILES string of the molecule is Cc1cc(OCCCCn2c(C(C)NC(=O)c3ccc(Cl)cc3)nc3ccccc32)cc(C)c1Cl. The smallest absolute Gasteiger partial charge is 0.251 e. The number of hydrogen-bond donors (Lipinski definition) is 1. The van der Waals surface area contributed by atoms with Gasteiger partial charge in [-0.2, -0.15) is 0 Å². The largest absolute Gasteiger partial charge is 0.494 e. The summed E-state index contributed by atoms with van der Waals surface area (Å²) in [6, 6.07) is 18.6. The number of unbranched alkanes of at least 4 members (excludes halogenated alkanes) is 1. The third kappa shape index (κ3) is 5.98. The maximum atomic E-state index is 12.8. The Morgan fingerprint density at radius 3 is 2.43 bits per heavy atom. The van der Waals surface area contributed by atoms with Gasteiger partial charge in [-0.25, -0.2) is 4.98 Å². The normalized spacial score (nSPS) is 12.0. The molecule has 4 aromatic rings. The van der Waals surface area contributed by atoms with Crippen LogP contribution < -0.4 is 10.1 Å². The number of amides is 1. The molecule has 0 aliphatic carbocycles. The van der Waals surface area contributed by atoms with Gasteiger partial charge in [0.2, 0.25) is 0 Å². The van der Waals surface area contributed by atoms with E-state index in [-0.39, 0.29) is 11.9 Å². The molecule has 182 valence electrons. The zero-order valence-corrected chi connectivity index (χ0v) is 21.7. The Hall–Kier alpha value is -3.02. The topological polar surface area (TPSA) is 56.1 Å². The van der Waals surface area contributed by atoms with Gasteiger partial charge < -0.3 is 14.6 Å². The minimum atomic E-state index is -0.262. The first kappa shape index (κ1) is 25.1. The second-order valence-corrected chi connectivity index (χ2v) is 9.55. The molecule has 35 heavy (non-hydrogen) atoms. The van der Waals surface area contributed by atoms with E-state index in [1.54, 1.807) is 24.3 Å². The van der Waals surface area contributed by atoms with Crippen molar-refractivity contribution in [2.45, 2.75) is 46.2 Å². The highest BCUT2D eigenvalue weighted by atomic mass is 35.5. The van der Waals surface area contributed by atoms with Crippen molar-refractivity contribution >= 4 is 40.1 Å². The van der Waals surface area contributed by atoms with Crippen LogP contribution in [0.1, 0.15) is 53.1 Å². The molecule has 1 unspecified atom stereocenters. The van der Waals surface area contributed by atoms with Gasteiger partial charge in [-0.15, -0.1) is 0 Å². The molecule has 1 heterocycles. The number of nitrogens with one attached hydrogen (secondary N) is 1. The van der Waals surface area contributed by atoms with E-state index in [0.29, 0.717) is 17.2 Å². The number of fused-ring (bicyclic) bond motifs is 1. The van der Waals surface area contributed by atoms with Crippen LogP contribution in [0.3, 0.4) is 0 Å². The van der Waals surface area contributed by atoms with E-state index in [2.05, 4.69) is 16.0 Å². The van der Waals surface area contributed by atoms with E-state index in [1.807, 2.05) is 51.1 Å². The number of rotatable bonds is 9. The molecule has 0 spiro atoms. The van der Waals surface area contributed by atoms with Crippen LogP contribution in [0.4, 0.5) is 0 Å². The predicted octanol–water partition coefficient (Wildman–Crippen LogP) is 7.31. The molecule has 3 aromatic carbocycles. The van der Waals surface area contributed by atoms with Crippen molar-refractivity contribution in [3.63, 3.8) is 0 Å². The lowest BCUT2D eigenvalue weighted by molar-refractivity contribution is 0.0937. The van der Waals surface area contributed by atoms with Crippen LogP contribution in [0.5, 0.6) is 5.75 Å². The molecule has 1 aromatic heterocycles. The average molecular weight is 510 g/mol. The van der Waals surface area contributed by atoms with Crippen LogP contribution in [-0.2, 0) is 6.54 Å². The summed E-state index contributed by atoms with van der Waals surface area (Å²) < 4.78 is 8.16. The Bertz CT molecular complexity index is 1310. The molecule has 1 amide bonds. The number of benzene rings is 3. The summed E-state index contributed by atoms with van der Waals surface area (Å²) >= 11 is 12.2. The first-order chi connectivity index (χ1) is 16.8. The van der Waals surface area contributed by atoms with Gasteiger partial charge in [0.25, 0.3) is 5.91 Å². The van der Waals surface area contributed by atoms with Crippen LogP contribution in [0.25, 0.3) is 11.0 Å². The first-order valence-corrected chi connectivity index (χ1v) is 12.5. The number of aromatic nitrogens is 2. The maximum absolute atomic E-state index is 12.8. The predicted molar refractivity (Wildman–Crippen MR) is 143 cm³/mol. The average Bonchev–Trinajstić information content (AvgIpc) is 3.21. The standard InChI is InChI=1S/C28H29Cl2N3O2/c1-18-16-23(17-19(2)26(18)30)35-15-7-6-14-33-25-9-5-4-8-24(25)32-27(33)20(3)31-28(34)21-10-12-22(29)13-11-21/h4-5,8-13,16-17,20H,6-7,14-15H2,1-3H3,(H,31,34). The minimum absolute atomic E-state index is 0.158. The number of hydrogen-bond acceptors (Lipinski definition) is 3. The molecule has 0 aliphatic heterocycles. The fourth-order valence-corrected chi connectivity index (χ4v) is 4.39. The van der Waals surface area contributed by atoms with Crippen molar-refractivity contribution in [1.29, 1.82) is 0 Å². The number of imidazole rings is 1. The quantitative estimate of drug-likeness (QED) is 0.240. The Morgan fingerprint density at radius 1 is 1.03 bits per heavy atom. The lowest BCUT2D eigenvalue weighted by atomic mass is 10.1. The highest BCUT2D eigenvalue weighted by Gasteiger charge is 2.19. The molecule has 0 aliphatic rings. The monoisotopic (exact) mass is 509 g/mol. The summed E-state index contributed by atoms with van der Waals surface area (Å²) in [5.74, 6) is 1.52. The van der Waals surface area contributed by atoms with Gasteiger partial charge in [0, 0.05) is 22.2 Å². The van der Waals surface area contributed by atoms with Gasteiger partial charge in [0.05, 0.1) is 23.7 Å². The van der Waals surface area contributed by atoms with Gasteiger partial charge >= 0.3 is 0 Å². The lowest BCUT2D eigenvalue weighted by Crippen LogP contribution is -2.28. The van der Waals surface area contributed by atoms with Crippen LogP contribution in [0.2, 0.25) is 10.0 Å². The third-order valence-electron chi connectivity index (χ3n) is 5.98. The molecule has 0 saturated carbocycles. The molecule has 7 heteroatoms. The summed E-state index contributed by atoms with van der Waals surface area (Å²) in [7, 11) is 0. The number of carbonyl (C=O) groups is 1. The van der Waals surface area contributed by atoms with Crippen molar-refractivity contribution in [1.82, 2.24) is 14.9 Å². The zero-order chi connectivity index (χ0) is 24.9. The second-order valence-electron chi connectivity index (χ2n) is 8.74. The van der Waals surface area contributed by atoms with Crippen molar-refractivity contribution in [3.8, 4) is 5.75 Å². The second kappa shape index (κ2) is 11.1. The molecule has 1 atom stereocenters. The maximum Gasteiger partial charge on any atom is 0.251 e. The van der Waals surface area contributed by atoms with Gasteiger partial charge in [-0.05, 0) is 93.3 Å². The first-order valence-electron chi connectivity index (χ1n) is 11.7. The number of nitrogens with zero attached hydrogens (tertiary/aromatic N) is 2. The van der Waals surface area contributed by atoms with Gasteiger partial charge in [0.1, 0.15) is 11.6 Å². The molecular formula is C28H29Cl2N3O2. The Kier molecular flexibility index (Phi) is 7.99. The number of halogens is 2. The Morgan fingerprint density at radius 2 is 1.71 bits per heavy atom. The van der Waals surface area contributed by atoms with Crippen molar-refractivity contribution < 1.29 is 9.53 Å². The van der Waals surface area contributed by atoms with E-state index in [1.165, 1.54) is 0 Å². The fourth-order valence-electron chi connectivity index (χ4n) is 4.16. The van der Waals surface area contributed by atoms with Gasteiger partial charge in [0.15, 0.2) is 0 Å². The Labute approximate surface area is 216 Å². The van der Waals surface area contributed by atoms with E-state index in [9.17, 15) is 4.79 Å². The fraction of sp³-hybridized carbons (Fsp3) is 0.286. The molecule has 0 fully saturated rings. The molecule has 0 bridgehead atoms.